The molecular formula is C24H32N2O4. The first-order valence-electron chi connectivity index (χ1n) is 11.2. The highest BCUT2D eigenvalue weighted by atomic mass is 16.5. The standard InChI is InChI=1S/C24H32N2O4/c1-17-7-3-4-10-20(17)24(14-21(27)25(23(24)29)11-6-12-30-2)15-22(28)26-16-18-8-5-9-19(26)13-18/h3-4,7,10,18-19H,5-6,8-9,11-16H2,1-2H3/t18-,19+,24+/m1/s1. The molecule has 0 spiro atoms. The molecule has 0 aromatic heterocycles. The van der Waals surface area contributed by atoms with Crippen LogP contribution in [0.5, 0.6) is 0 Å². The van der Waals surface area contributed by atoms with Crippen molar-refractivity contribution < 1.29 is 19.1 Å². The van der Waals surface area contributed by atoms with Crippen molar-refractivity contribution in [3.8, 4) is 0 Å². The molecule has 3 fully saturated rings. The van der Waals surface area contributed by atoms with Gasteiger partial charge in [-0.2, -0.15) is 0 Å². The molecule has 6 nitrogen and oxygen atoms in total. The van der Waals surface area contributed by atoms with E-state index >= 15 is 0 Å². The van der Waals surface area contributed by atoms with Crippen molar-refractivity contribution in [3.05, 3.63) is 35.4 Å². The van der Waals surface area contributed by atoms with E-state index in [1.165, 1.54) is 17.7 Å². The summed E-state index contributed by atoms with van der Waals surface area (Å²) in [6, 6.07) is 7.98. The second-order valence-electron chi connectivity index (χ2n) is 9.18. The van der Waals surface area contributed by atoms with E-state index < -0.39 is 5.41 Å². The van der Waals surface area contributed by atoms with E-state index in [0.717, 1.165) is 30.5 Å². The van der Waals surface area contributed by atoms with Crippen LogP contribution in [-0.4, -0.2) is 60.4 Å². The maximum absolute atomic E-state index is 13.7. The molecule has 0 radical (unpaired) electrons. The van der Waals surface area contributed by atoms with Gasteiger partial charge in [0.05, 0.1) is 5.41 Å². The average molecular weight is 413 g/mol. The van der Waals surface area contributed by atoms with E-state index in [9.17, 15) is 14.4 Å². The van der Waals surface area contributed by atoms with E-state index in [1.807, 2.05) is 36.1 Å². The van der Waals surface area contributed by atoms with Gasteiger partial charge >= 0.3 is 0 Å². The summed E-state index contributed by atoms with van der Waals surface area (Å²) in [6.45, 7) is 3.58. The number of fused-ring (bicyclic) bond motifs is 2. The Morgan fingerprint density at radius 2 is 2.03 bits per heavy atom. The van der Waals surface area contributed by atoms with Crippen LogP contribution in [0.4, 0.5) is 0 Å². The zero-order valence-electron chi connectivity index (χ0n) is 18.1. The van der Waals surface area contributed by atoms with Crippen LogP contribution in [-0.2, 0) is 24.5 Å². The average Bonchev–Trinajstić information content (AvgIpc) is 3.15. The Hall–Kier alpha value is -2.21. The molecule has 2 aliphatic heterocycles. The maximum atomic E-state index is 13.7. The molecule has 0 N–H and O–H groups in total. The van der Waals surface area contributed by atoms with Gasteiger partial charge in [0.25, 0.3) is 0 Å². The predicted molar refractivity (Wildman–Crippen MR) is 113 cm³/mol. The summed E-state index contributed by atoms with van der Waals surface area (Å²) >= 11 is 0. The zero-order chi connectivity index (χ0) is 21.3. The van der Waals surface area contributed by atoms with Crippen LogP contribution in [0.3, 0.4) is 0 Å². The van der Waals surface area contributed by atoms with Crippen molar-refractivity contribution in [2.45, 2.75) is 63.3 Å². The molecular weight excluding hydrogens is 380 g/mol. The number of methoxy groups -OCH3 is 1. The Kier molecular flexibility index (Phi) is 5.96. The molecule has 3 atom stereocenters. The number of hydrogen-bond donors (Lipinski definition) is 0. The lowest BCUT2D eigenvalue weighted by atomic mass is 9.74. The van der Waals surface area contributed by atoms with Crippen molar-refractivity contribution in [1.29, 1.82) is 0 Å². The van der Waals surface area contributed by atoms with Crippen molar-refractivity contribution in [2.24, 2.45) is 5.92 Å². The molecule has 2 saturated heterocycles. The van der Waals surface area contributed by atoms with Gasteiger partial charge in [-0.05, 0) is 49.7 Å². The Morgan fingerprint density at radius 1 is 1.23 bits per heavy atom. The van der Waals surface area contributed by atoms with E-state index in [1.54, 1.807) is 7.11 Å². The van der Waals surface area contributed by atoms with Crippen LogP contribution in [0.1, 0.15) is 56.1 Å². The highest BCUT2D eigenvalue weighted by Gasteiger charge is 2.55. The molecule has 1 aromatic rings. The first kappa shape index (κ1) is 21.0. The normalized spacial score (nSPS) is 28.5. The van der Waals surface area contributed by atoms with Gasteiger partial charge in [-0.15, -0.1) is 0 Å². The third-order valence-corrected chi connectivity index (χ3v) is 7.22. The largest absolute Gasteiger partial charge is 0.385 e. The maximum Gasteiger partial charge on any atom is 0.240 e. The highest BCUT2D eigenvalue weighted by molar-refractivity contribution is 6.11. The summed E-state index contributed by atoms with van der Waals surface area (Å²) < 4.78 is 5.09. The van der Waals surface area contributed by atoms with Crippen LogP contribution in [0.25, 0.3) is 0 Å². The molecule has 30 heavy (non-hydrogen) atoms. The van der Waals surface area contributed by atoms with Gasteiger partial charge in [0.1, 0.15) is 0 Å². The minimum Gasteiger partial charge on any atom is -0.385 e. The van der Waals surface area contributed by atoms with Gasteiger partial charge in [0.2, 0.25) is 17.7 Å². The smallest absolute Gasteiger partial charge is 0.240 e. The lowest BCUT2D eigenvalue weighted by Crippen LogP contribution is -2.45. The summed E-state index contributed by atoms with van der Waals surface area (Å²) in [5.74, 6) is 0.196. The fraction of sp³-hybridized carbons (Fsp3) is 0.625. The van der Waals surface area contributed by atoms with Crippen LogP contribution in [0.2, 0.25) is 0 Å². The van der Waals surface area contributed by atoms with Crippen molar-refractivity contribution >= 4 is 17.7 Å². The summed E-state index contributed by atoms with van der Waals surface area (Å²) in [6.07, 6.45) is 5.24. The topological polar surface area (TPSA) is 66.9 Å². The second kappa shape index (κ2) is 8.50. The van der Waals surface area contributed by atoms with Crippen LogP contribution in [0.15, 0.2) is 24.3 Å². The number of aryl methyl sites for hydroxylation is 1. The van der Waals surface area contributed by atoms with Crippen LogP contribution in [0, 0.1) is 12.8 Å². The number of hydrogen-bond acceptors (Lipinski definition) is 4. The van der Waals surface area contributed by atoms with Crippen molar-refractivity contribution in [2.75, 3.05) is 26.8 Å². The van der Waals surface area contributed by atoms with Gasteiger partial charge in [-0.3, -0.25) is 19.3 Å². The van der Waals surface area contributed by atoms with Crippen molar-refractivity contribution in [3.63, 3.8) is 0 Å². The number of likely N-dealkylation sites (tertiary alicyclic amines) is 2. The number of imide groups is 1. The number of rotatable bonds is 7. The lowest BCUT2D eigenvalue weighted by molar-refractivity contribution is -0.143. The molecule has 6 heteroatoms. The molecule has 0 unspecified atom stereocenters. The van der Waals surface area contributed by atoms with Crippen LogP contribution >= 0.6 is 0 Å². The number of nitrogens with zero attached hydrogens (tertiary/aromatic N) is 2. The molecule has 2 bridgehead atoms. The van der Waals surface area contributed by atoms with Gasteiger partial charge in [0, 0.05) is 45.7 Å². The fourth-order valence-electron chi connectivity index (χ4n) is 5.75. The van der Waals surface area contributed by atoms with E-state index in [4.69, 9.17) is 4.74 Å². The first-order valence-corrected chi connectivity index (χ1v) is 11.2. The minimum atomic E-state index is -1.09. The number of ether oxygens (including phenoxy) is 1. The molecule has 3 aliphatic rings. The molecule has 1 aromatic carbocycles. The summed E-state index contributed by atoms with van der Waals surface area (Å²) in [5, 5.41) is 0. The fourth-order valence-corrected chi connectivity index (χ4v) is 5.75. The van der Waals surface area contributed by atoms with E-state index in [-0.39, 0.29) is 30.6 Å². The SMILES string of the molecule is COCCCN1C(=O)C[C@](CC(=O)N2C[C@@H]3CCC[C@H]2C3)(c2ccccc2C)C1=O. The predicted octanol–water partition coefficient (Wildman–Crippen LogP) is 2.82. The third-order valence-electron chi connectivity index (χ3n) is 7.22. The quantitative estimate of drug-likeness (QED) is 0.510. The zero-order valence-corrected chi connectivity index (χ0v) is 18.1. The third kappa shape index (κ3) is 3.66. The van der Waals surface area contributed by atoms with E-state index in [2.05, 4.69) is 0 Å². The Balaban J connectivity index is 1.64. The molecule has 1 saturated carbocycles. The second-order valence-corrected chi connectivity index (χ2v) is 9.18. The highest BCUT2D eigenvalue weighted by Crippen LogP contribution is 2.43. The summed E-state index contributed by atoms with van der Waals surface area (Å²) in [7, 11) is 1.61. The minimum absolute atomic E-state index is 0.0209. The van der Waals surface area contributed by atoms with E-state index in [0.29, 0.717) is 31.5 Å². The van der Waals surface area contributed by atoms with Gasteiger partial charge < -0.3 is 9.64 Å². The molecule has 1 aliphatic carbocycles. The Bertz CT molecular complexity index is 838. The summed E-state index contributed by atoms with van der Waals surface area (Å²) in [4.78, 5) is 43.4. The van der Waals surface area contributed by atoms with Gasteiger partial charge in [-0.25, -0.2) is 0 Å². The molecule has 4 rings (SSSR count). The number of benzene rings is 1. The molecule has 2 heterocycles. The van der Waals surface area contributed by atoms with Crippen molar-refractivity contribution in [1.82, 2.24) is 9.80 Å². The number of amides is 3. The van der Waals surface area contributed by atoms with Gasteiger partial charge in [-0.1, -0.05) is 30.7 Å². The lowest BCUT2D eigenvalue weighted by Gasteiger charge is -2.32. The van der Waals surface area contributed by atoms with Gasteiger partial charge in [0.15, 0.2) is 0 Å². The molecule has 3 amide bonds. The Morgan fingerprint density at radius 3 is 2.77 bits per heavy atom. The Labute approximate surface area is 178 Å². The number of carbonyl (C=O) groups excluding carboxylic acids is 3. The monoisotopic (exact) mass is 412 g/mol. The molecule has 162 valence electrons. The summed E-state index contributed by atoms with van der Waals surface area (Å²) in [5.41, 5.74) is 0.668. The number of carbonyl (C=O) groups is 3. The van der Waals surface area contributed by atoms with Crippen LogP contribution < -0.4 is 0 Å². The first-order chi connectivity index (χ1) is 14.5.